The maximum Gasteiger partial charge on any atom is 0.239 e. The highest BCUT2D eigenvalue weighted by molar-refractivity contribution is 14.0. The predicted molar refractivity (Wildman–Crippen MR) is 150 cm³/mol. The zero-order valence-electron chi connectivity index (χ0n) is 20.0. The summed E-state index contributed by atoms with van der Waals surface area (Å²) in [7, 11) is 0. The molecular weight excluding hydrogens is 539 g/mol. The molecule has 3 N–H and O–H groups in total. The van der Waals surface area contributed by atoms with Crippen molar-refractivity contribution >= 4 is 41.5 Å². The molecule has 1 amide bonds. The van der Waals surface area contributed by atoms with E-state index in [1.54, 1.807) is 0 Å². The monoisotopic (exact) mass is 576 g/mol. The van der Waals surface area contributed by atoms with E-state index in [1.807, 2.05) is 0 Å². The van der Waals surface area contributed by atoms with Gasteiger partial charge in [-0.15, -0.1) is 24.0 Å². The molecule has 0 bridgehead atoms. The molecular formula is C26H37IN6O. The molecule has 2 aromatic carbocycles. The van der Waals surface area contributed by atoms with Crippen LogP contribution in [0.3, 0.4) is 0 Å². The van der Waals surface area contributed by atoms with Crippen molar-refractivity contribution in [2.75, 3.05) is 50.7 Å². The van der Waals surface area contributed by atoms with E-state index in [0.717, 1.165) is 49.9 Å². The second-order valence-corrected chi connectivity index (χ2v) is 8.68. The van der Waals surface area contributed by atoms with Crippen LogP contribution in [0.15, 0.2) is 59.6 Å². The SMILES string of the molecule is CCNC(=NCc1ccc(N2CCNC(=O)C2)cc1)NCC(c1ccccc1)N1CCCC1.I. The quantitative estimate of drug-likeness (QED) is 0.256. The summed E-state index contributed by atoms with van der Waals surface area (Å²) in [4.78, 5) is 21.2. The highest BCUT2D eigenvalue weighted by Gasteiger charge is 2.23. The Labute approximate surface area is 220 Å². The zero-order chi connectivity index (χ0) is 22.9. The Bertz CT molecular complexity index is 915. The number of halogens is 1. The first-order valence-electron chi connectivity index (χ1n) is 12.1. The Morgan fingerprint density at radius 3 is 2.44 bits per heavy atom. The first kappa shape index (κ1) is 26.3. The molecule has 0 aliphatic carbocycles. The molecule has 184 valence electrons. The van der Waals surface area contributed by atoms with Gasteiger partial charge in [0.25, 0.3) is 0 Å². The third-order valence-corrected chi connectivity index (χ3v) is 6.33. The van der Waals surface area contributed by atoms with Crippen LogP contribution in [-0.2, 0) is 11.3 Å². The number of guanidine groups is 1. The van der Waals surface area contributed by atoms with E-state index in [4.69, 9.17) is 4.99 Å². The topological polar surface area (TPSA) is 72.0 Å². The average Bonchev–Trinajstić information content (AvgIpc) is 3.38. The molecule has 7 nitrogen and oxygen atoms in total. The summed E-state index contributed by atoms with van der Waals surface area (Å²) in [5.74, 6) is 0.924. The lowest BCUT2D eigenvalue weighted by Gasteiger charge is -2.29. The lowest BCUT2D eigenvalue weighted by atomic mass is 10.1. The number of nitrogens with one attached hydrogen (secondary N) is 3. The maximum atomic E-state index is 11.6. The van der Waals surface area contributed by atoms with Crippen LogP contribution in [0.1, 0.15) is 36.9 Å². The summed E-state index contributed by atoms with van der Waals surface area (Å²) < 4.78 is 0. The summed E-state index contributed by atoms with van der Waals surface area (Å²) in [6.07, 6.45) is 2.55. The van der Waals surface area contributed by atoms with Crippen LogP contribution in [0.4, 0.5) is 5.69 Å². The van der Waals surface area contributed by atoms with E-state index < -0.39 is 0 Å². The lowest BCUT2D eigenvalue weighted by Crippen LogP contribution is -2.47. The number of likely N-dealkylation sites (tertiary alicyclic amines) is 1. The third kappa shape index (κ3) is 7.33. The van der Waals surface area contributed by atoms with Gasteiger partial charge in [0.15, 0.2) is 5.96 Å². The second-order valence-electron chi connectivity index (χ2n) is 8.68. The number of hydrogen-bond acceptors (Lipinski definition) is 4. The molecule has 0 aromatic heterocycles. The molecule has 34 heavy (non-hydrogen) atoms. The minimum atomic E-state index is 0. The van der Waals surface area contributed by atoms with Crippen molar-refractivity contribution in [1.29, 1.82) is 0 Å². The van der Waals surface area contributed by atoms with Gasteiger partial charge in [-0.3, -0.25) is 9.69 Å². The summed E-state index contributed by atoms with van der Waals surface area (Å²) in [5, 5.41) is 9.84. The van der Waals surface area contributed by atoms with Gasteiger partial charge < -0.3 is 20.9 Å². The van der Waals surface area contributed by atoms with Crippen LogP contribution in [0.25, 0.3) is 0 Å². The van der Waals surface area contributed by atoms with Crippen molar-refractivity contribution in [3.05, 3.63) is 65.7 Å². The normalized spacial score (nSPS) is 17.6. The third-order valence-electron chi connectivity index (χ3n) is 6.33. The van der Waals surface area contributed by atoms with E-state index in [9.17, 15) is 4.79 Å². The Hall–Kier alpha value is -2.33. The number of hydrogen-bond donors (Lipinski definition) is 3. The standard InChI is InChI=1S/C26H36N6O.HI/c1-2-27-26(30-19-24(31-15-6-7-16-31)22-8-4-3-5-9-22)29-18-21-10-12-23(13-11-21)32-17-14-28-25(33)20-32;/h3-5,8-13,24H,2,6-7,14-20H2,1H3,(H,28,33)(H2,27,29,30);1H. The van der Waals surface area contributed by atoms with Gasteiger partial charge in [0, 0.05) is 31.9 Å². The highest BCUT2D eigenvalue weighted by atomic mass is 127. The van der Waals surface area contributed by atoms with Gasteiger partial charge >= 0.3 is 0 Å². The van der Waals surface area contributed by atoms with Crippen LogP contribution in [0.2, 0.25) is 0 Å². The van der Waals surface area contributed by atoms with Gasteiger partial charge in [0.1, 0.15) is 0 Å². The van der Waals surface area contributed by atoms with Crippen LogP contribution in [0, 0.1) is 0 Å². The minimum Gasteiger partial charge on any atom is -0.360 e. The molecule has 2 saturated heterocycles. The fourth-order valence-electron chi connectivity index (χ4n) is 4.56. The molecule has 1 unspecified atom stereocenters. The molecule has 2 aliphatic heterocycles. The Kier molecular flexibility index (Phi) is 10.5. The van der Waals surface area contributed by atoms with Crippen molar-refractivity contribution in [2.24, 2.45) is 4.99 Å². The van der Waals surface area contributed by atoms with Gasteiger partial charge in [-0.25, -0.2) is 4.99 Å². The van der Waals surface area contributed by atoms with Crippen LogP contribution < -0.4 is 20.9 Å². The molecule has 0 saturated carbocycles. The number of carbonyl (C=O) groups excluding carboxylic acids is 1. The molecule has 4 rings (SSSR count). The van der Waals surface area contributed by atoms with E-state index in [2.05, 4.69) is 87.3 Å². The molecule has 2 fully saturated rings. The number of aliphatic imine (C=N–C) groups is 1. The van der Waals surface area contributed by atoms with Gasteiger partial charge in [-0.2, -0.15) is 0 Å². The Morgan fingerprint density at radius 2 is 1.76 bits per heavy atom. The number of anilines is 1. The van der Waals surface area contributed by atoms with Crippen LogP contribution >= 0.6 is 24.0 Å². The fraction of sp³-hybridized carbons (Fsp3) is 0.462. The van der Waals surface area contributed by atoms with Crippen molar-refractivity contribution in [3.8, 4) is 0 Å². The van der Waals surface area contributed by atoms with E-state index in [-0.39, 0.29) is 29.9 Å². The van der Waals surface area contributed by atoms with Gasteiger partial charge in [-0.05, 0) is 56.1 Å². The number of amides is 1. The van der Waals surface area contributed by atoms with Crippen LogP contribution in [-0.4, -0.2) is 62.6 Å². The fourth-order valence-corrected chi connectivity index (χ4v) is 4.56. The molecule has 2 heterocycles. The van der Waals surface area contributed by atoms with Crippen molar-refractivity contribution in [3.63, 3.8) is 0 Å². The minimum absolute atomic E-state index is 0. The highest BCUT2D eigenvalue weighted by Crippen LogP contribution is 2.24. The molecule has 8 heteroatoms. The van der Waals surface area contributed by atoms with Gasteiger partial charge in [0.05, 0.1) is 19.1 Å². The number of carbonyl (C=O) groups is 1. The second kappa shape index (κ2) is 13.5. The molecule has 0 spiro atoms. The molecule has 2 aliphatic rings. The first-order valence-corrected chi connectivity index (χ1v) is 12.1. The summed E-state index contributed by atoms with van der Waals surface area (Å²) in [5.41, 5.74) is 3.58. The smallest absolute Gasteiger partial charge is 0.239 e. The summed E-state index contributed by atoms with van der Waals surface area (Å²) >= 11 is 0. The number of benzene rings is 2. The Balaban J connectivity index is 0.00000324. The van der Waals surface area contributed by atoms with Gasteiger partial charge in [-0.1, -0.05) is 42.5 Å². The van der Waals surface area contributed by atoms with E-state index in [0.29, 0.717) is 25.7 Å². The average molecular weight is 577 g/mol. The molecule has 0 radical (unpaired) electrons. The number of nitrogens with zero attached hydrogens (tertiary/aromatic N) is 3. The number of rotatable bonds is 8. The zero-order valence-corrected chi connectivity index (χ0v) is 22.3. The maximum absolute atomic E-state index is 11.6. The van der Waals surface area contributed by atoms with Crippen molar-refractivity contribution < 1.29 is 4.79 Å². The largest absolute Gasteiger partial charge is 0.360 e. The van der Waals surface area contributed by atoms with Crippen molar-refractivity contribution in [2.45, 2.75) is 32.4 Å². The van der Waals surface area contributed by atoms with Gasteiger partial charge in [0.2, 0.25) is 5.91 Å². The summed E-state index contributed by atoms with van der Waals surface area (Å²) in [6, 6.07) is 19.5. The number of piperazine rings is 1. The summed E-state index contributed by atoms with van der Waals surface area (Å²) in [6.45, 7) is 8.62. The Morgan fingerprint density at radius 1 is 1.03 bits per heavy atom. The first-order chi connectivity index (χ1) is 16.2. The predicted octanol–water partition coefficient (Wildman–Crippen LogP) is 3.13. The van der Waals surface area contributed by atoms with E-state index >= 15 is 0 Å². The lowest BCUT2D eigenvalue weighted by molar-refractivity contribution is -0.120. The molecule has 2 aromatic rings. The van der Waals surface area contributed by atoms with E-state index in [1.165, 1.54) is 18.4 Å². The van der Waals surface area contributed by atoms with Crippen molar-refractivity contribution in [1.82, 2.24) is 20.9 Å². The van der Waals surface area contributed by atoms with Crippen LogP contribution in [0.5, 0.6) is 0 Å². The molecule has 1 atom stereocenters.